The van der Waals surface area contributed by atoms with Crippen molar-refractivity contribution in [2.75, 3.05) is 14.2 Å². The van der Waals surface area contributed by atoms with Gasteiger partial charge in [-0.1, -0.05) is 29.8 Å². The summed E-state index contributed by atoms with van der Waals surface area (Å²) in [5, 5.41) is 9.90. The minimum Gasteiger partial charge on any atom is -0.490 e. The Kier molecular flexibility index (Phi) is 7.48. The van der Waals surface area contributed by atoms with Crippen LogP contribution < -0.4 is 4.74 Å². The van der Waals surface area contributed by atoms with Crippen LogP contribution in [0.15, 0.2) is 47.5 Å². The Balaban J connectivity index is 1.89. The van der Waals surface area contributed by atoms with Crippen LogP contribution in [0.1, 0.15) is 37.9 Å². The number of ether oxygens (including phenoxy) is 2. The quantitative estimate of drug-likeness (QED) is 0.358. The number of benzene rings is 2. The molecule has 30 heavy (non-hydrogen) atoms. The van der Waals surface area contributed by atoms with Crippen molar-refractivity contribution in [1.29, 1.82) is 5.41 Å². The Morgan fingerprint density at radius 1 is 1.33 bits per heavy atom. The molecule has 0 fully saturated rings. The maximum absolute atomic E-state index is 7.87. The summed E-state index contributed by atoms with van der Waals surface area (Å²) in [6, 6.07) is 13.8. The average Bonchev–Trinajstić information content (AvgIpc) is 2.76. The second-order valence-electron chi connectivity index (χ2n) is 7.44. The Morgan fingerprint density at radius 2 is 2.10 bits per heavy atom. The molecule has 0 spiro atoms. The molecule has 0 aliphatic carbocycles. The van der Waals surface area contributed by atoms with Crippen LogP contribution in [0.4, 0.5) is 0 Å². The van der Waals surface area contributed by atoms with Gasteiger partial charge in [0.1, 0.15) is 18.0 Å². The molecule has 3 unspecified atom stereocenters. The Bertz CT molecular complexity index is 905. The number of guanidine groups is 1. The first-order valence-corrected chi connectivity index (χ1v) is 10.3. The SMILES string of the molecule is C=NC(=N)N(C)OC1CC(CCC(C)OC)Oc2ccc(-c3cccc(Cl)c3)cc21. The molecule has 0 amide bonds. The van der Waals surface area contributed by atoms with Crippen LogP contribution in [0.25, 0.3) is 11.1 Å². The lowest BCUT2D eigenvalue weighted by atomic mass is 9.93. The normalized spacial score (nSPS) is 18.8. The number of fused-ring (bicyclic) bond motifs is 1. The summed E-state index contributed by atoms with van der Waals surface area (Å²) in [7, 11) is 3.38. The van der Waals surface area contributed by atoms with E-state index in [1.54, 1.807) is 14.2 Å². The lowest BCUT2D eigenvalue weighted by molar-refractivity contribution is -0.151. The second kappa shape index (κ2) is 10.1. The van der Waals surface area contributed by atoms with Gasteiger partial charge in [-0.15, -0.1) is 0 Å². The van der Waals surface area contributed by atoms with Gasteiger partial charge in [0.05, 0.1) is 6.10 Å². The molecule has 0 aromatic heterocycles. The molecule has 2 aromatic carbocycles. The van der Waals surface area contributed by atoms with Crippen LogP contribution in [0, 0.1) is 5.41 Å². The van der Waals surface area contributed by atoms with Crippen molar-refractivity contribution in [2.24, 2.45) is 4.99 Å². The third kappa shape index (κ3) is 5.39. The van der Waals surface area contributed by atoms with Crippen molar-refractivity contribution in [1.82, 2.24) is 5.06 Å². The van der Waals surface area contributed by atoms with E-state index in [1.165, 1.54) is 5.06 Å². The molecule has 160 valence electrons. The Morgan fingerprint density at radius 3 is 2.80 bits per heavy atom. The number of hydrogen-bond donors (Lipinski definition) is 1. The first-order valence-electron chi connectivity index (χ1n) is 9.96. The zero-order valence-corrected chi connectivity index (χ0v) is 18.4. The molecule has 3 rings (SSSR count). The van der Waals surface area contributed by atoms with Gasteiger partial charge in [0, 0.05) is 31.2 Å². The summed E-state index contributed by atoms with van der Waals surface area (Å²) in [5.74, 6) is 0.747. The van der Waals surface area contributed by atoms with Gasteiger partial charge < -0.3 is 9.47 Å². The fourth-order valence-corrected chi connectivity index (χ4v) is 3.69. The molecular formula is C23H28ClN3O3. The van der Waals surface area contributed by atoms with Gasteiger partial charge in [-0.05, 0) is 61.9 Å². The monoisotopic (exact) mass is 429 g/mol. The van der Waals surface area contributed by atoms with Crippen molar-refractivity contribution >= 4 is 24.3 Å². The van der Waals surface area contributed by atoms with Crippen LogP contribution in [0.2, 0.25) is 5.02 Å². The molecule has 0 saturated carbocycles. The number of hydroxylamine groups is 2. The first kappa shape index (κ1) is 22.3. The summed E-state index contributed by atoms with van der Waals surface area (Å²) in [5.41, 5.74) is 2.99. The summed E-state index contributed by atoms with van der Waals surface area (Å²) in [4.78, 5) is 9.73. The van der Waals surface area contributed by atoms with Crippen molar-refractivity contribution < 1.29 is 14.3 Å². The highest BCUT2D eigenvalue weighted by molar-refractivity contribution is 6.30. The molecule has 0 bridgehead atoms. The van der Waals surface area contributed by atoms with Crippen LogP contribution in [-0.4, -0.2) is 44.1 Å². The molecule has 3 atom stereocenters. The predicted molar refractivity (Wildman–Crippen MR) is 120 cm³/mol. The molecule has 7 heteroatoms. The van der Waals surface area contributed by atoms with E-state index in [9.17, 15) is 0 Å². The van der Waals surface area contributed by atoms with Crippen molar-refractivity contribution in [3.8, 4) is 16.9 Å². The van der Waals surface area contributed by atoms with E-state index in [4.69, 9.17) is 31.3 Å². The number of methoxy groups -OCH3 is 1. The van der Waals surface area contributed by atoms with Gasteiger partial charge in [0.15, 0.2) is 0 Å². The summed E-state index contributed by atoms with van der Waals surface area (Å²) in [6.07, 6.45) is 2.30. The molecule has 1 N–H and O–H groups in total. The first-order chi connectivity index (χ1) is 14.4. The summed E-state index contributed by atoms with van der Waals surface area (Å²) in [6.45, 7) is 5.46. The predicted octanol–water partition coefficient (Wildman–Crippen LogP) is 5.51. The standard InChI is InChI=1S/C23H28ClN3O3/c1-15(28-4)8-10-19-14-22(30-27(3)23(25)26-2)20-13-17(9-11-21(20)29-19)16-6-5-7-18(24)12-16/h5-7,9,11-13,15,19,22,25H,2,8,10,14H2,1,3-4H3. The lowest BCUT2D eigenvalue weighted by Crippen LogP contribution is -2.33. The fraction of sp³-hybridized carbons (Fsp3) is 0.391. The molecule has 0 saturated heterocycles. The zero-order valence-electron chi connectivity index (χ0n) is 17.6. The van der Waals surface area contributed by atoms with E-state index in [0.29, 0.717) is 11.4 Å². The molecule has 6 nitrogen and oxygen atoms in total. The smallest absolute Gasteiger partial charge is 0.241 e. The molecule has 2 aromatic rings. The van der Waals surface area contributed by atoms with Crippen molar-refractivity contribution in [3.05, 3.63) is 53.1 Å². The lowest BCUT2D eigenvalue weighted by Gasteiger charge is -2.34. The molecular weight excluding hydrogens is 402 g/mol. The third-order valence-corrected chi connectivity index (χ3v) is 5.55. The largest absolute Gasteiger partial charge is 0.490 e. The van der Waals surface area contributed by atoms with Gasteiger partial charge in [-0.2, -0.15) is 0 Å². The van der Waals surface area contributed by atoms with Gasteiger partial charge in [0.25, 0.3) is 0 Å². The highest BCUT2D eigenvalue weighted by atomic mass is 35.5. The van der Waals surface area contributed by atoms with E-state index in [2.05, 4.69) is 17.8 Å². The molecule has 0 radical (unpaired) electrons. The number of nitrogens with zero attached hydrogens (tertiary/aromatic N) is 2. The Hall–Kier alpha value is -2.41. The summed E-state index contributed by atoms with van der Waals surface area (Å²) < 4.78 is 11.6. The minimum absolute atomic E-state index is 0.00334. The Labute approximate surface area is 182 Å². The van der Waals surface area contributed by atoms with Gasteiger partial charge in [-0.25, -0.2) is 10.1 Å². The number of hydrogen-bond acceptors (Lipinski definition) is 4. The maximum Gasteiger partial charge on any atom is 0.241 e. The number of halogens is 1. The molecule has 1 heterocycles. The maximum atomic E-state index is 7.87. The molecule has 1 aliphatic heterocycles. The van der Waals surface area contributed by atoms with Gasteiger partial charge >= 0.3 is 0 Å². The highest BCUT2D eigenvalue weighted by Gasteiger charge is 2.31. The second-order valence-corrected chi connectivity index (χ2v) is 7.87. The topological polar surface area (TPSA) is 67.1 Å². The van der Waals surface area contributed by atoms with Crippen molar-refractivity contribution in [2.45, 2.75) is 44.5 Å². The van der Waals surface area contributed by atoms with Gasteiger partial charge in [0.2, 0.25) is 5.96 Å². The van der Waals surface area contributed by atoms with Gasteiger partial charge in [-0.3, -0.25) is 10.2 Å². The number of rotatable bonds is 7. The van der Waals surface area contributed by atoms with Crippen LogP contribution in [0.5, 0.6) is 5.75 Å². The fourth-order valence-electron chi connectivity index (χ4n) is 3.50. The molecule has 1 aliphatic rings. The number of aliphatic imine (C=N–C) groups is 1. The van der Waals surface area contributed by atoms with Crippen molar-refractivity contribution in [3.63, 3.8) is 0 Å². The van der Waals surface area contributed by atoms with E-state index >= 15 is 0 Å². The average molecular weight is 430 g/mol. The zero-order chi connectivity index (χ0) is 21.7. The van der Waals surface area contributed by atoms with Crippen LogP contribution in [0.3, 0.4) is 0 Å². The van der Waals surface area contributed by atoms with E-state index in [0.717, 1.165) is 35.3 Å². The third-order valence-electron chi connectivity index (χ3n) is 5.32. The summed E-state index contributed by atoms with van der Waals surface area (Å²) >= 11 is 6.17. The van der Waals surface area contributed by atoms with E-state index in [-0.39, 0.29) is 24.3 Å². The minimum atomic E-state index is -0.275. The van der Waals surface area contributed by atoms with E-state index < -0.39 is 0 Å². The van der Waals surface area contributed by atoms with E-state index in [1.807, 2.05) is 43.3 Å². The highest BCUT2D eigenvalue weighted by Crippen LogP contribution is 2.41. The van der Waals surface area contributed by atoms with Crippen LogP contribution in [-0.2, 0) is 9.57 Å². The van der Waals surface area contributed by atoms with Crippen LogP contribution >= 0.6 is 11.6 Å². The number of nitrogens with one attached hydrogen (secondary N) is 1.